The van der Waals surface area contributed by atoms with E-state index in [0.29, 0.717) is 30.9 Å². The molecule has 3 rings (SSSR count). The standard InChI is InChI=1S/C23H31N3O7S2/c1-25(2)34(28,29)19-9-7-17(8-10-19)15-24-23(27)18-6-5-13-26(16-18)35(30,31)20-11-12-21(32-3)22(14-20)33-4/h7-12,14,18H,5-6,13,15-16H2,1-4H3,(H,24,27)/t18-/m1/s1. The summed E-state index contributed by atoms with van der Waals surface area (Å²) in [5, 5.41) is 2.84. The number of carbonyl (C=O) groups excluding carboxylic acids is 1. The number of ether oxygens (including phenoxy) is 2. The first-order valence-electron chi connectivity index (χ1n) is 11.0. The molecule has 0 aliphatic carbocycles. The first-order valence-corrected chi connectivity index (χ1v) is 13.9. The van der Waals surface area contributed by atoms with Crippen LogP contribution in [-0.2, 0) is 31.4 Å². The van der Waals surface area contributed by atoms with E-state index in [0.717, 1.165) is 9.87 Å². The number of hydrogen-bond acceptors (Lipinski definition) is 7. The zero-order valence-electron chi connectivity index (χ0n) is 20.2. The molecule has 0 bridgehead atoms. The number of nitrogens with zero attached hydrogens (tertiary/aromatic N) is 2. The molecule has 0 radical (unpaired) electrons. The van der Waals surface area contributed by atoms with Crippen LogP contribution >= 0.6 is 0 Å². The van der Waals surface area contributed by atoms with Crippen molar-refractivity contribution in [3.63, 3.8) is 0 Å². The molecule has 1 aliphatic heterocycles. The van der Waals surface area contributed by atoms with E-state index in [9.17, 15) is 21.6 Å². The quantitative estimate of drug-likeness (QED) is 0.528. The van der Waals surface area contributed by atoms with E-state index in [1.54, 1.807) is 12.1 Å². The number of rotatable bonds is 9. The largest absolute Gasteiger partial charge is 0.493 e. The Bertz CT molecular complexity index is 1260. The normalized spacial score (nSPS) is 17.2. The molecule has 0 spiro atoms. The maximum atomic E-state index is 13.2. The lowest BCUT2D eigenvalue weighted by atomic mass is 9.99. The maximum Gasteiger partial charge on any atom is 0.243 e. The number of amides is 1. The Hall–Kier alpha value is -2.67. The second-order valence-corrected chi connectivity index (χ2v) is 12.5. The number of hydrogen-bond donors (Lipinski definition) is 1. The minimum atomic E-state index is -3.82. The molecule has 0 saturated carbocycles. The molecule has 1 aliphatic rings. The van der Waals surface area contributed by atoms with Gasteiger partial charge in [-0.05, 0) is 42.7 Å². The van der Waals surface area contributed by atoms with Crippen molar-refractivity contribution in [3.05, 3.63) is 48.0 Å². The molecule has 1 heterocycles. The summed E-state index contributed by atoms with van der Waals surface area (Å²) in [6.45, 7) is 0.602. The van der Waals surface area contributed by atoms with Gasteiger partial charge in [0.2, 0.25) is 26.0 Å². The molecule has 10 nitrogen and oxygen atoms in total. The smallest absolute Gasteiger partial charge is 0.243 e. The van der Waals surface area contributed by atoms with Crippen LogP contribution in [0.4, 0.5) is 0 Å². The minimum absolute atomic E-state index is 0.0720. The van der Waals surface area contributed by atoms with Crippen molar-refractivity contribution in [3.8, 4) is 11.5 Å². The van der Waals surface area contributed by atoms with Crippen LogP contribution in [-0.4, -0.2) is 72.8 Å². The Labute approximate surface area is 206 Å². The minimum Gasteiger partial charge on any atom is -0.493 e. The molecule has 192 valence electrons. The highest BCUT2D eigenvalue weighted by atomic mass is 32.2. The Morgan fingerprint density at radius 1 is 1.00 bits per heavy atom. The second kappa shape index (κ2) is 10.9. The fourth-order valence-corrected chi connectivity index (χ4v) is 6.27. The summed E-state index contributed by atoms with van der Waals surface area (Å²) in [5.74, 6) is -0.00626. The summed E-state index contributed by atoms with van der Waals surface area (Å²) in [4.78, 5) is 13.0. The molecule has 1 N–H and O–H groups in total. The maximum absolute atomic E-state index is 13.2. The van der Waals surface area contributed by atoms with Crippen LogP contribution in [0, 0.1) is 5.92 Å². The molecule has 0 unspecified atom stereocenters. The molecule has 2 aromatic rings. The molecule has 12 heteroatoms. The molecule has 35 heavy (non-hydrogen) atoms. The van der Waals surface area contributed by atoms with Gasteiger partial charge in [-0.25, -0.2) is 21.1 Å². The average Bonchev–Trinajstić information content (AvgIpc) is 2.86. The van der Waals surface area contributed by atoms with Crippen molar-refractivity contribution in [1.82, 2.24) is 13.9 Å². The van der Waals surface area contributed by atoms with Crippen LogP contribution < -0.4 is 14.8 Å². The fraction of sp³-hybridized carbons (Fsp3) is 0.435. The van der Waals surface area contributed by atoms with E-state index < -0.39 is 26.0 Å². The first-order chi connectivity index (χ1) is 16.5. The van der Waals surface area contributed by atoms with Gasteiger partial charge >= 0.3 is 0 Å². The van der Waals surface area contributed by atoms with Crippen molar-refractivity contribution < 1.29 is 31.1 Å². The van der Waals surface area contributed by atoms with Gasteiger partial charge in [-0.2, -0.15) is 4.31 Å². The second-order valence-electron chi connectivity index (χ2n) is 8.37. The number of nitrogens with one attached hydrogen (secondary N) is 1. The predicted molar refractivity (Wildman–Crippen MR) is 130 cm³/mol. The molecule has 1 amide bonds. The zero-order valence-corrected chi connectivity index (χ0v) is 21.9. The average molecular weight is 526 g/mol. The third kappa shape index (κ3) is 5.95. The molecule has 2 aromatic carbocycles. The van der Waals surface area contributed by atoms with Gasteiger partial charge in [0.25, 0.3) is 0 Å². The lowest BCUT2D eigenvalue weighted by molar-refractivity contribution is -0.126. The van der Waals surface area contributed by atoms with Crippen LogP contribution in [0.5, 0.6) is 11.5 Å². The highest BCUT2D eigenvalue weighted by Gasteiger charge is 2.33. The molecule has 1 atom stereocenters. The summed E-state index contributed by atoms with van der Waals surface area (Å²) in [5.41, 5.74) is 0.738. The lowest BCUT2D eigenvalue weighted by Crippen LogP contribution is -2.45. The van der Waals surface area contributed by atoms with Crippen LogP contribution in [0.15, 0.2) is 52.3 Å². The summed E-state index contributed by atoms with van der Waals surface area (Å²) < 4.78 is 63.6. The molecule has 1 fully saturated rings. The Kier molecular flexibility index (Phi) is 8.42. The number of benzene rings is 2. The van der Waals surface area contributed by atoms with Crippen molar-refractivity contribution in [2.45, 2.75) is 29.2 Å². The van der Waals surface area contributed by atoms with Gasteiger partial charge in [-0.3, -0.25) is 4.79 Å². The highest BCUT2D eigenvalue weighted by molar-refractivity contribution is 7.89. The van der Waals surface area contributed by atoms with Crippen molar-refractivity contribution in [2.24, 2.45) is 5.92 Å². The number of sulfonamides is 2. The Balaban J connectivity index is 1.65. The van der Waals surface area contributed by atoms with Gasteiger partial charge in [-0.1, -0.05) is 12.1 Å². The third-order valence-corrected chi connectivity index (χ3v) is 9.61. The van der Waals surface area contributed by atoms with Gasteiger partial charge in [-0.15, -0.1) is 0 Å². The van der Waals surface area contributed by atoms with E-state index in [4.69, 9.17) is 9.47 Å². The van der Waals surface area contributed by atoms with Crippen molar-refractivity contribution in [2.75, 3.05) is 41.4 Å². The number of piperidine rings is 1. The summed E-state index contributed by atoms with van der Waals surface area (Å²) in [7, 11) is -1.52. The van der Waals surface area contributed by atoms with Crippen molar-refractivity contribution >= 4 is 26.0 Å². The molecule has 1 saturated heterocycles. The third-order valence-electron chi connectivity index (χ3n) is 5.92. The van der Waals surface area contributed by atoms with E-state index in [1.165, 1.54) is 63.0 Å². The summed E-state index contributed by atoms with van der Waals surface area (Å²) in [6, 6.07) is 10.7. The molecule has 0 aromatic heterocycles. The van der Waals surface area contributed by atoms with Crippen LogP contribution in [0.25, 0.3) is 0 Å². The Morgan fingerprint density at radius 2 is 1.63 bits per heavy atom. The topological polar surface area (TPSA) is 122 Å². The summed E-state index contributed by atoms with van der Waals surface area (Å²) >= 11 is 0. The van der Waals surface area contributed by atoms with E-state index in [1.807, 2.05) is 0 Å². The monoisotopic (exact) mass is 525 g/mol. The van der Waals surface area contributed by atoms with Gasteiger partial charge < -0.3 is 14.8 Å². The SMILES string of the molecule is COc1ccc(S(=O)(=O)N2CCC[C@@H](C(=O)NCc3ccc(S(=O)(=O)N(C)C)cc3)C2)cc1OC. The summed E-state index contributed by atoms with van der Waals surface area (Å²) in [6.07, 6.45) is 1.13. The van der Waals surface area contributed by atoms with E-state index in [2.05, 4.69) is 5.32 Å². The molecular formula is C23H31N3O7S2. The number of carbonyl (C=O) groups is 1. The Morgan fingerprint density at radius 3 is 2.23 bits per heavy atom. The molecular weight excluding hydrogens is 494 g/mol. The van der Waals surface area contributed by atoms with E-state index >= 15 is 0 Å². The van der Waals surface area contributed by atoms with E-state index in [-0.39, 0.29) is 28.8 Å². The predicted octanol–water partition coefficient (Wildman–Crippen LogP) is 1.67. The van der Waals surface area contributed by atoms with Crippen LogP contribution in [0.1, 0.15) is 18.4 Å². The highest BCUT2D eigenvalue weighted by Crippen LogP contribution is 2.32. The van der Waals surface area contributed by atoms with Gasteiger partial charge in [0.05, 0.1) is 29.9 Å². The zero-order chi connectivity index (χ0) is 25.8. The van der Waals surface area contributed by atoms with Gasteiger partial charge in [0.1, 0.15) is 0 Å². The van der Waals surface area contributed by atoms with Gasteiger partial charge in [0, 0.05) is 39.8 Å². The van der Waals surface area contributed by atoms with Gasteiger partial charge in [0.15, 0.2) is 11.5 Å². The lowest BCUT2D eigenvalue weighted by Gasteiger charge is -2.31. The fourth-order valence-electron chi connectivity index (χ4n) is 3.82. The van der Waals surface area contributed by atoms with Crippen molar-refractivity contribution in [1.29, 1.82) is 0 Å². The number of methoxy groups -OCH3 is 2. The first kappa shape index (κ1) is 26.9. The van der Waals surface area contributed by atoms with Crippen LogP contribution in [0.2, 0.25) is 0 Å². The van der Waals surface area contributed by atoms with Crippen LogP contribution in [0.3, 0.4) is 0 Å².